The molecule has 0 aliphatic carbocycles. The van der Waals surface area contributed by atoms with Crippen molar-refractivity contribution in [2.45, 2.75) is 20.8 Å². The van der Waals surface area contributed by atoms with E-state index >= 15 is 0 Å². The molecule has 8 heteroatoms. The van der Waals surface area contributed by atoms with Gasteiger partial charge in [0.1, 0.15) is 5.82 Å². The van der Waals surface area contributed by atoms with Crippen molar-refractivity contribution in [3.63, 3.8) is 0 Å². The molecule has 2 heterocycles. The molecule has 0 spiro atoms. The lowest BCUT2D eigenvalue weighted by atomic mass is 10.1. The van der Waals surface area contributed by atoms with E-state index in [1.54, 1.807) is 30.0 Å². The van der Waals surface area contributed by atoms with Gasteiger partial charge in [-0.25, -0.2) is 4.98 Å². The zero-order chi connectivity index (χ0) is 21.4. The zero-order valence-corrected chi connectivity index (χ0v) is 18.3. The highest BCUT2D eigenvalue weighted by molar-refractivity contribution is 7.20. The van der Waals surface area contributed by atoms with Gasteiger partial charge in [0.05, 0.1) is 30.1 Å². The minimum absolute atomic E-state index is 0.273. The number of rotatable bonds is 5. The van der Waals surface area contributed by atoms with Gasteiger partial charge in [0.15, 0.2) is 11.5 Å². The monoisotopic (exact) mass is 422 g/mol. The molecule has 1 N–H and O–H groups in total. The van der Waals surface area contributed by atoms with Crippen molar-refractivity contribution in [1.29, 1.82) is 0 Å². The highest BCUT2D eigenvalue weighted by Gasteiger charge is 2.17. The quantitative estimate of drug-likeness (QED) is 0.505. The molecule has 2 aromatic carbocycles. The molecule has 7 nitrogen and oxygen atoms in total. The van der Waals surface area contributed by atoms with Crippen LogP contribution in [0.5, 0.6) is 11.5 Å². The van der Waals surface area contributed by atoms with Gasteiger partial charge >= 0.3 is 0 Å². The molecule has 1 amide bonds. The molecular weight excluding hydrogens is 400 g/mol. The van der Waals surface area contributed by atoms with Crippen LogP contribution in [0.2, 0.25) is 0 Å². The molecule has 0 aliphatic heterocycles. The summed E-state index contributed by atoms with van der Waals surface area (Å²) in [6.45, 7) is 6.03. The second-order valence-electron chi connectivity index (χ2n) is 7.01. The van der Waals surface area contributed by atoms with Crippen molar-refractivity contribution in [3.8, 4) is 16.6 Å². The first-order valence-electron chi connectivity index (χ1n) is 9.38. The van der Waals surface area contributed by atoms with Crippen LogP contribution in [0.3, 0.4) is 0 Å². The Labute approximate surface area is 178 Å². The largest absolute Gasteiger partial charge is 0.493 e. The summed E-state index contributed by atoms with van der Waals surface area (Å²) in [7, 11) is 3.09. The van der Waals surface area contributed by atoms with Crippen molar-refractivity contribution >= 4 is 33.3 Å². The summed E-state index contributed by atoms with van der Waals surface area (Å²) in [6, 6.07) is 11.1. The Balaban J connectivity index is 1.68. The fourth-order valence-corrected chi connectivity index (χ4v) is 4.17. The number of amides is 1. The number of ether oxygens (including phenoxy) is 2. The van der Waals surface area contributed by atoms with Gasteiger partial charge < -0.3 is 14.8 Å². The number of benzene rings is 2. The number of fused-ring (bicyclic) bond motifs is 1. The summed E-state index contributed by atoms with van der Waals surface area (Å²) in [4.78, 5) is 17.6. The van der Waals surface area contributed by atoms with E-state index in [2.05, 4.69) is 36.4 Å². The van der Waals surface area contributed by atoms with E-state index in [-0.39, 0.29) is 5.91 Å². The Bertz CT molecular complexity index is 1220. The van der Waals surface area contributed by atoms with Crippen molar-refractivity contribution in [2.75, 3.05) is 19.5 Å². The van der Waals surface area contributed by atoms with E-state index in [9.17, 15) is 4.79 Å². The van der Waals surface area contributed by atoms with Crippen LogP contribution >= 0.6 is 11.3 Å². The number of hydrogen-bond acceptors (Lipinski definition) is 6. The molecule has 4 aromatic rings. The normalized spacial score (nSPS) is 11.0. The lowest BCUT2D eigenvalue weighted by molar-refractivity contribution is 0.102. The third-order valence-electron chi connectivity index (χ3n) is 4.89. The van der Waals surface area contributed by atoms with Gasteiger partial charge in [-0.3, -0.25) is 4.79 Å². The van der Waals surface area contributed by atoms with E-state index < -0.39 is 0 Å². The van der Waals surface area contributed by atoms with Gasteiger partial charge in [-0.05, 0) is 62.2 Å². The molecule has 154 valence electrons. The molecule has 0 atom stereocenters. The number of nitrogens with zero attached hydrogens (tertiary/aromatic N) is 3. The molecule has 4 rings (SSSR count). The number of aryl methyl sites for hydroxylation is 3. The first-order valence-corrected chi connectivity index (χ1v) is 10.2. The van der Waals surface area contributed by atoms with Crippen molar-refractivity contribution in [3.05, 3.63) is 58.8 Å². The zero-order valence-electron chi connectivity index (χ0n) is 17.4. The lowest BCUT2D eigenvalue weighted by Crippen LogP contribution is -2.15. The Morgan fingerprint density at radius 3 is 2.47 bits per heavy atom. The predicted molar refractivity (Wildman–Crippen MR) is 118 cm³/mol. The van der Waals surface area contributed by atoms with Crippen LogP contribution in [-0.4, -0.2) is 34.9 Å². The second-order valence-corrected chi connectivity index (χ2v) is 8.02. The standard InChI is InChI=1S/C22H22N4O3S/c1-12-8-16-19(9-13(12)2)30-22(23-16)26-20(10-14(3)25-26)24-21(27)15-6-7-17(28-4)18(11-15)29-5/h6-11H,1-5H3,(H,24,27). The number of thiazole rings is 1. The SMILES string of the molecule is COc1ccc(C(=O)Nc2cc(C)nn2-c2nc3cc(C)c(C)cc3s2)cc1OC. The molecule has 30 heavy (non-hydrogen) atoms. The van der Waals surface area contributed by atoms with Crippen LogP contribution in [0.25, 0.3) is 15.3 Å². The summed E-state index contributed by atoms with van der Waals surface area (Å²) in [5.41, 5.74) is 4.57. The van der Waals surface area contributed by atoms with Crippen molar-refractivity contribution in [2.24, 2.45) is 0 Å². The summed E-state index contributed by atoms with van der Waals surface area (Å²) in [6.07, 6.45) is 0. The van der Waals surface area contributed by atoms with Gasteiger partial charge in [-0.2, -0.15) is 9.78 Å². The van der Waals surface area contributed by atoms with Crippen LogP contribution in [0.15, 0.2) is 36.4 Å². The summed E-state index contributed by atoms with van der Waals surface area (Å²) >= 11 is 1.54. The minimum Gasteiger partial charge on any atom is -0.493 e. The van der Waals surface area contributed by atoms with E-state index in [1.165, 1.54) is 29.6 Å². The number of nitrogens with one attached hydrogen (secondary N) is 1. The molecule has 0 aliphatic rings. The Hall–Kier alpha value is -3.39. The Morgan fingerprint density at radius 1 is 1.00 bits per heavy atom. The molecular formula is C22H22N4O3S. The number of anilines is 1. The first-order chi connectivity index (χ1) is 14.4. The topological polar surface area (TPSA) is 78.3 Å². The number of carbonyl (C=O) groups is 1. The Kier molecular flexibility index (Phi) is 5.17. The molecule has 0 fully saturated rings. The lowest BCUT2D eigenvalue weighted by Gasteiger charge is -2.10. The number of methoxy groups -OCH3 is 2. The second kappa shape index (κ2) is 7.79. The maximum Gasteiger partial charge on any atom is 0.256 e. The van der Waals surface area contributed by atoms with E-state index in [0.717, 1.165) is 15.9 Å². The number of carbonyl (C=O) groups excluding carboxylic acids is 1. The van der Waals surface area contributed by atoms with Crippen LogP contribution in [0.4, 0.5) is 5.82 Å². The summed E-state index contributed by atoms with van der Waals surface area (Å²) in [5.74, 6) is 1.34. The van der Waals surface area contributed by atoms with Crippen LogP contribution in [0.1, 0.15) is 27.2 Å². The smallest absolute Gasteiger partial charge is 0.256 e. The maximum absolute atomic E-state index is 12.9. The molecule has 0 saturated heterocycles. The van der Waals surface area contributed by atoms with Crippen LogP contribution in [0, 0.1) is 20.8 Å². The molecule has 0 radical (unpaired) electrons. The molecule has 0 saturated carbocycles. The number of hydrogen-bond donors (Lipinski definition) is 1. The van der Waals surface area contributed by atoms with Crippen LogP contribution < -0.4 is 14.8 Å². The van der Waals surface area contributed by atoms with E-state index in [0.29, 0.717) is 28.0 Å². The van der Waals surface area contributed by atoms with Gasteiger partial charge in [0.25, 0.3) is 5.91 Å². The van der Waals surface area contributed by atoms with Crippen molar-refractivity contribution < 1.29 is 14.3 Å². The average molecular weight is 423 g/mol. The average Bonchev–Trinajstić information content (AvgIpc) is 3.30. The maximum atomic E-state index is 12.9. The highest BCUT2D eigenvalue weighted by atomic mass is 32.1. The Morgan fingerprint density at radius 2 is 1.73 bits per heavy atom. The molecule has 0 unspecified atom stereocenters. The third kappa shape index (κ3) is 3.61. The minimum atomic E-state index is -0.273. The van der Waals surface area contributed by atoms with Gasteiger partial charge in [-0.1, -0.05) is 11.3 Å². The fraction of sp³-hybridized carbons (Fsp3) is 0.227. The third-order valence-corrected chi connectivity index (χ3v) is 5.89. The van der Waals surface area contributed by atoms with Crippen LogP contribution in [-0.2, 0) is 0 Å². The fourth-order valence-electron chi connectivity index (χ4n) is 3.16. The van der Waals surface area contributed by atoms with E-state index in [4.69, 9.17) is 14.5 Å². The van der Waals surface area contributed by atoms with Gasteiger partial charge in [-0.15, -0.1) is 0 Å². The van der Waals surface area contributed by atoms with Gasteiger partial charge in [0.2, 0.25) is 5.13 Å². The first kappa shape index (κ1) is 19.9. The molecule has 0 bridgehead atoms. The highest BCUT2D eigenvalue weighted by Crippen LogP contribution is 2.30. The van der Waals surface area contributed by atoms with Gasteiger partial charge in [0, 0.05) is 11.6 Å². The molecule has 2 aromatic heterocycles. The summed E-state index contributed by atoms with van der Waals surface area (Å²) in [5, 5.41) is 8.17. The number of aromatic nitrogens is 3. The summed E-state index contributed by atoms with van der Waals surface area (Å²) < 4.78 is 13.3. The van der Waals surface area contributed by atoms with E-state index in [1.807, 2.05) is 13.0 Å². The van der Waals surface area contributed by atoms with Crippen molar-refractivity contribution in [1.82, 2.24) is 14.8 Å². The predicted octanol–water partition coefficient (Wildman–Crippen LogP) is 4.68.